The molecule has 0 aliphatic carbocycles. The number of carboxylic acid groups (broad SMARTS) is 1. The Morgan fingerprint density at radius 1 is 1.50 bits per heavy atom. The number of halogens is 2. The number of carboxylic acids is 1. The van der Waals surface area contributed by atoms with Crippen LogP contribution in [0.25, 0.3) is 0 Å². The molecule has 0 aromatic heterocycles. The number of hydrogen-bond donors (Lipinski definition) is 2. The van der Waals surface area contributed by atoms with Gasteiger partial charge in [0.05, 0.1) is 5.02 Å². The molecule has 0 aliphatic heterocycles. The molecule has 0 saturated carbocycles. The van der Waals surface area contributed by atoms with Gasteiger partial charge in [0, 0.05) is 15.7 Å². The molecule has 1 aromatic rings. The predicted molar refractivity (Wildman–Crippen MR) is 76.9 cm³/mol. The minimum atomic E-state index is -0.853. The number of rotatable bonds is 7. The lowest BCUT2D eigenvalue weighted by Crippen LogP contribution is -2.39. The van der Waals surface area contributed by atoms with Crippen LogP contribution in [0.1, 0.15) is 13.3 Å². The van der Waals surface area contributed by atoms with Crippen molar-refractivity contribution in [2.45, 2.75) is 24.3 Å². The highest BCUT2D eigenvalue weighted by Gasteiger charge is 2.17. The number of thioether (sulfide) groups is 1. The Hall–Kier alpha value is -0.420. The largest absolute Gasteiger partial charge is 0.480 e. The lowest BCUT2D eigenvalue weighted by Gasteiger charge is -2.14. The van der Waals surface area contributed by atoms with E-state index in [1.54, 1.807) is 18.2 Å². The SMILES string of the molecule is CCCNC(CSc1cc(Cl)ccc1Cl)C(=O)O. The van der Waals surface area contributed by atoms with Gasteiger partial charge in [0.15, 0.2) is 0 Å². The van der Waals surface area contributed by atoms with Crippen molar-refractivity contribution in [1.82, 2.24) is 5.32 Å². The van der Waals surface area contributed by atoms with Gasteiger partial charge in [0.2, 0.25) is 0 Å². The molecule has 0 amide bonds. The molecule has 0 radical (unpaired) electrons. The Bertz CT molecular complexity index is 415. The number of aliphatic carboxylic acids is 1. The van der Waals surface area contributed by atoms with Gasteiger partial charge in [-0.1, -0.05) is 30.1 Å². The third-order valence-electron chi connectivity index (χ3n) is 2.24. The fourth-order valence-corrected chi connectivity index (χ4v) is 2.84. The molecule has 0 bridgehead atoms. The molecular formula is C12H15Cl2NO2S. The van der Waals surface area contributed by atoms with E-state index in [0.29, 0.717) is 22.3 Å². The molecule has 6 heteroatoms. The van der Waals surface area contributed by atoms with Gasteiger partial charge in [-0.3, -0.25) is 4.79 Å². The van der Waals surface area contributed by atoms with E-state index in [0.717, 1.165) is 11.3 Å². The number of hydrogen-bond acceptors (Lipinski definition) is 3. The van der Waals surface area contributed by atoms with Crippen LogP contribution >= 0.6 is 35.0 Å². The maximum Gasteiger partial charge on any atom is 0.321 e. The normalized spacial score (nSPS) is 12.4. The van der Waals surface area contributed by atoms with Gasteiger partial charge in [0.25, 0.3) is 0 Å². The Morgan fingerprint density at radius 3 is 2.83 bits per heavy atom. The molecule has 18 heavy (non-hydrogen) atoms. The van der Waals surface area contributed by atoms with Crippen LogP contribution in [-0.4, -0.2) is 29.4 Å². The number of carbonyl (C=O) groups is 1. The van der Waals surface area contributed by atoms with Crippen molar-refractivity contribution >= 4 is 40.9 Å². The van der Waals surface area contributed by atoms with Gasteiger partial charge in [-0.2, -0.15) is 0 Å². The van der Waals surface area contributed by atoms with E-state index < -0.39 is 12.0 Å². The molecule has 0 heterocycles. The molecule has 2 N–H and O–H groups in total. The smallest absolute Gasteiger partial charge is 0.321 e. The predicted octanol–water partition coefficient (Wildman–Crippen LogP) is 3.54. The Labute approximate surface area is 121 Å². The molecule has 1 unspecified atom stereocenters. The summed E-state index contributed by atoms with van der Waals surface area (Å²) in [5.41, 5.74) is 0. The second kappa shape index (κ2) is 7.89. The molecule has 1 rings (SSSR count). The van der Waals surface area contributed by atoms with Gasteiger partial charge in [-0.15, -0.1) is 11.8 Å². The monoisotopic (exact) mass is 307 g/mol. The van der Waals surface area contributed by atoms with Crippen LogP contribution in [0.2, 0.25) is 10.0 Å². The minimum absolute atomic E-state index is 0.412. The van der Waals surface area contributed by atoms with E-state index in [-0.39, 0.29) is 0 Å². The molecular weight excluding hydrogens is 293 g/mol. The second-order valence-corrected chi connectivity index (χ2v) is 5.64. The van der Waals surface area contributed by atoms with Crippen molar-refractivity contribution in [3.63, 3.8) is 0 Å². The van der Waals surface area contributed by atoms with E-state index in [9.17, 15) is 4.79 Å². The van der Waals surface area contributed by atoms with Crippen molar-refractivity contribution in [3.8, 4) is 0 Å². The van der Waals surface area contributed by atoms with Gasteiger partial charge < -0.3 is 10.4 Å². The highest BCUT2D eigenvalue weighted by molar-refractivity contribution is 7.99. The number of benzene rings is 1. The number of nitrogens with one attached hydrogen (secondary N) is 1. The zero-order valence-electron chi connectivity index (χ0n) is 9.95. The van der Waals surface area contributed by atoms with Gasteiger partial charge in [-0.25, -0.2) is 0 Å². The fourth-order valence-electron chi connectivity index (χ4n) is 1.30. The maximum absolute atomic E-state index is 11.0. The fraction of sp³-hybridized carbons (Fsp3) is 0.417. The molecule has 0 saturated heterocycles. The van der Waals surface area contributed by atoms with Crippen molar-refractivity contribution < 1.29 is 9.90 Å². The molecule has 0 fully saturated rings. The summed E-state index contributed by atoms with van der Waals surface area (Å²) in [6.07, 6.45) is 0.895. The van der Waals surface area contributed by atoms with E-state index in [4.69, 9.17) is 28.3 Å². The van der Waals surface area contributed by atoms with Crippen molar-refractivity contribution in [2.75, 3.05) is 12.3 Å². The molecule has 1 atom stereocenters. The topological polar surface area (TPSA) is 49.3 Å². The van der Waals surface area contributed by atoms with Gasteiger partial charge in [-0.05, 0) is 31.2 Å². The quantitative estimate of drug-likeness (QED) is 0.757. The summed E-state index contributed by atoms with van der Waals surface area (Å²) in [5, 5.41) is 13.2. The summed E-state index contributed by atoms with van der Waals surface area (Å²) in [7, 11) is 0. The van der Waals surface area contributed by atoms with Crippen LogP contribution in [0, 0.1) is 0 Å². The average molecular weight is 308 g/mol. The summed E-state index contributed by atoms with van der Waals surface area (Å²) in [5.74, 6) is -0.441. The van der Waals surface area contributed by atoms with E-state index >= 15 is 0 Å². The van der Waals surface area contributed by atoms with Gasteiger partial charge in [0.1, 0.15) is 6.04 Å². The third-order valence-corrected chi connectivity index (χ3v) is 4.06. The first-order valence-corrected chi connectivity index (χ1v) is 7.32. The van der Waals surface area contributed by atoms with Crippen molar-refractivity contribution in [2.24, 2.45) is 0 Å². The summed E-state index contributed by atoms with van der Waals surface area (Å²) in [4.78, 5) is 11.8. The summed E-state index contributed by atoms with van der Waals surface area (Å²) >= 11 is 13.3. The first-order chi connectivity index (χ1) is 8.54. The zero-order chi connectivity index (χ0) is 13.5. The van der Waals surface area contributed by atoms with Crippen LogP contribution in [0.15, 0.2) is 23.1 Å². The standard InChI is InChI=1S/C12H15Cl2NO2S/c1-2-5-15-10(12(16)17)7-18-11-6-8(13)3-4-9(11)14/h3-4,6,10,15H,2,5,7H2,1H3,(H,16,17). The Balaban J connectivity index is 2.60. The first-order valence-electron chi connectivity index (χ1n) is 5.58. The van der Waals surface area contributed by atoms with Crippen molar-refractivity contribution in [3.05, 3.63) is 28.2 Å². The highest BCUT2D eigenvalue weighted by atomic mass is 35.5. The summed E-state index contributed by atoms with van der Waals surface area (Å²) in [6, 6.07) is 4.58. The highest BCUT2D eigenvalue weighted by Crippen LogP contribution is 2.30. The van der Waals surface area contributed by atoms with E-state index in [1.165, 1.54) is 11.8 Å². The van der Waals surface area contributed by atoms with Crippen LogP contribution < -0.4 is 5.32 Å². The third kappa shape index (κ3) is 5.06. The van der Waals surface area contributed by atoms with Crippen LogP contribution in [0.5, 0.6) is 0 Å². The van der Waals surface area contributed by atoms with Crippen LogP contribution in [0.3, 0.4) is 0 Å². The van der Waals surface area contributed by atoms with Crippen LogP contribution in [-0.2, 0) is 4.79 Å². The van der Waals surface area contributed by atoms with E-state index in [2.05, 4.69) is 5.32 Å². The molecule has 100 valence electrons. The average Bonchev–Trinajstić information content (AvgIpc) is 2.33. The van der Waals surface area contributed by atoms with Crippen molar-refractivity contribution in [1.29, 1.82) is 0 Å². The Morgan fingerprint density at radius 2 is 2.22 bits per heavy atom. The summed E-state index contributed by atoms with van der Waals surface area (Å²) < 4.78 is 0. The maximum atomic E-state index is 11.0. The lowest BCUT2D eigenvalue weighted by atomic mass is 10.3. The molecule has 0 spiro atoms. The second-order valence-electron chi connectivity index (χ2n) is 3.73. The minimum Gasteiger partial charge on any atom is -0.480 e. The molecule has 1 aromatic carbocycles. The summed E-state index contributed by atoms with van der Waals surface area (Å²) in [6.45, 7) is 2.67. The Kier molecular flexibility index (Phi) is 6.86. The van der Waals surface area contributed by atoms with Crippen LogP contribution in [0.4, 0.5) is 0 Å². The van der Waals surface area contributed by atoms with E-state index in [1.807, 2.05) is 6.92 Å². The first kappa shape index (κ1) is 15.6. The zero-order valence-corrected chi connectivity index (χ0v) is 12.3. The lowest BCUT2D eigenvalue weighted by molar-refractivity contribution is -0.138. The molecule has 0 aliphatic rings. The molecule has 3 nitrogen and oxygen atoms in total. The van der Waals surface area contributed by atoms with Gasteiger partial charge >= 0.3 is 5.97 Å².